The van der Waals surface area contributed by atoms with Crippen molar-refractivity contribution in [2.45, 2.75) is 44.4 Å². The lowest BCUT2D eigenvalue weighted by Crippen LogP contribution is -2.58. The number of ether oxygens (including phenoxy) is 1. The number of anilines is 1. The molecule has 130 valence electrons. The Morgan fingerprint density at radius 2 is 1.88 bits per heavy atom. The van der Waals surface area contributed by atoms with E-state index >= 15 is 0 Å². The summed E-state index contributed by atoms with van der Waals surface area (Å²) in [6.07, 6.45) is 4.00. The summed E-state index contributed by atoms with van der Waals surface area (Å²) in [5.41, 5.74) is 10.9. The van der Waals surface area contributed by atoms with Gasteiger partial charge in [-0.3, -0.25) is 4.90 Å². The number of nitrogens with two attached hydrogens (primary N) is 2. The van der Waals surface area contributed by atoms with Crippen LogP contribution in [0.3, 0.4) is 0 Å². The third-order valence-electron chi connectivity index (χ3n) is 4.25. The predicted octanol–water partition coefficient (Wildman–Crippen LogP) is 2.54. The van der Waals surface area contributed by atoms with Crippen molar-refractivity contribution in [1.82, 2.24) is 0 Å². The molecule has 0 bridgehead atoms. The molecule has 6 nitrogen and oxygen atoms in total. The highest BCUT2D eigenvalue weighted by molar-refractivity contribution is 6.05. The fraction of sp³-hybridized carbons (Fsp3) is 0.467. The fourth-order valence-corrected chi connectivity index (χ4v) is 3.33. The number of aliphatic imine (C=N–C) groups is 2. The van der Waals surface area contributed by atoms with E-state index in [9.17, 15) is 13.2 Å². The molecule has 1 spiro atoms. The Balaban J connectivity index is 2.07. The van der Waals surface area contributed by atoms with Gasteiger partial charge in [0.05, 0.1) is 5.69 Å². The first-order valence-corrected chi connectivity index (χ1v) is 7.66. The standard InChI is InChI=1S/C15H18F3N5O/c16-11-9(5-4-6-10(11)24-12(17)18)23-14(20)21-13(19)22-15(23)7-2-1-3-8-15/h4-6,12H,1-3,7-8H2,(H4,19,20,21,22). The maximum Gasteiger partial charge on any atom is 0.387 e. The number of guanidine groups is 2. The van der Waals surface area contributed by atoms with Gasteiger partial charge in [-0.05, 0) is 37.8 Å². The molecule has 0 amide bonds. The molecule has 0 aromatic heterocycles. The number of halogens is 3. The summed E-state index contributed by atoms with van der Waals surface area (Å²) in [7, 11) is 0. The largest absolute Gasteiger partial charge is 0.432 e. The van der Waals surface area contributed by atoms with Crippen LogP contribution in [0.2, 0.25) is 0 Å². The van der Waals surface area contributed by atoms with Crippen LogP contribution in [-0.2, 0) is 0 Å². The molecular weight excluding hydrogens is 323 g/mol. The molecule has 1 aromatic carbocycles. The quantitative estimate of drug-likeness (QED) is 0.884. The zero-order chi connectivity index (χ0) is 17.3. The van der Waals surface area contributed by atoms with Crippen molar-refractivity contribution in [2.24, 2.45) is 21.5 Å². The first-order chi connectivity index (χ1) is 11.4. The van der Waals surface area contributed by atoms with E-state index in [1.807, 2.05) is 0 Å². The third kappa shape index (κ3) is 2.85. The lowest BCUT2D eigenvalue weighted by molar-refractivity contribution is -0.0521. The number of hydrogen-bond acceptors (Lipinski definition) is 6. The molecule has 3 rings (SSSR count). The second-order valence-corrected chi connectivity index (χ2v) is 5.79. The molecule has 1 saturated carbocycles. The van der Waals surface area contributed by atoms with E-state index in [0.717, 1.165) is 25.3 Å². The number of rotatable bonds is 3. The summed E-state index contributed by atoms with van der Waals surface area (Å²) in [6, 6.07) is 3.98. The van der Waals surface area contributed by atoms with Gasteiger partial charge < -0.3 is 16.2 Å². The molecule has 1 aromatic rings. The Hall–Kier alpha value is -2.45. The molecule has 2 aliphatic rings. The van der Waals surface area contributed by atoms with Crippen LogP contribution in [0.1, 0.15) is 32.1 Å². The summed E-state index contributed by atoms with van der Waals surface area (Å²) >= 11 is 0. The normalized spacial score (nSPS) is 20.1. The molecule has 1 heterocycles. The minimum Gasteiger partial charge on any atom is -0.432 e. The molecule has 1 fully saturated rings. The van der Waals surface area contributed by atoms with E-state index in [4.69, 9.17) is 11.5 Å². The van der Waals surface area contributed by atoms with Gasteiger partial charge in [0.15, 0.2) is 11.6 Å². The van der Waals surface area contributed by atoms with Gasteiger partial charge in [-0.15, -0.1) is 0 Å². The van der Waals surface area contributed by atoms with Crippen LogP contribution in [0, 0.1) is 5.82 Å². The van der Waals surface area contributed by atoms with Crippen molar-refractivity contribution in [1.29, 1.82) is 0 Å². The van der Waals surface area contributed by atoms with Gasteiger partial charge in [-0.1, -0.05) is 12.5 Å². The van der Waals surface area contributed by atoms with E-state index < -0.39 is 23.8 Å². The van der Waals surface area contributed by atoms with Gasteiger partial charge in [0.25, 0.3) is 0 Å². The lowest BCUT2D eigenvalue weighted by atomic mass is 9.87. The van der Waals surface area contributed by atoms with Crippen LogP contribution in [0.15, 0.2) is 28.2 Å². The molecule has 4 N–H and O–H groups in total. The fourth-order valence-electron chi connectivity index (χ4n) is 3.33. The first kappa shape index (κ1) is 16.4. The third-order valence-corrected chi connectivity index (χ3v) is 4.25. The van der Waals surface area contributed by atoms with Crippen molar-refractivity contribution in [3.8, 4) is 5.75 Å². The zero-order valence-corrected chi connectivity index (χ0v) is 12.9. The summed E-state index contributed by atoms with van der Waals surface area (Å²) in [5, 5.41) is 0. The van der Waals surface area contributed by atoms with Crippen LogP contribution in [-0.4, -0.2) is 24.2 Å². The van der Waals surface area contributed by atoms with Gasteiger partial charge in [0.2, 0.25) is 11.9 Å². The Kier molecular flexibility index (Phi) is 4.25. The minimum atomic E-state index is -3.13. The summed E-state index contributed by atoms with van der Waals surface area (Å²) in [4.78, 5) is 9.77. The van der Waals surface area contributed by atoms with Crippen molar-refractivity contribution in [3.63, 3.8) is 0 Å². The second kappa shape index (κ2) is 6.21. The van der Waals surface area contributed by atoms with Crippen molar-refractivity contribution in [2.75, 3.05) is 4.90 Å². The topological polar surface area (TPSA) is 89.2 Å². The van der Waals surface area contributed by atoms with Crippen LogP contribution < -0.4 is 21.1 Å². The maximum absolute atomic E-state index is 14.7. The minimum absolute atomic E-state index is 0.00690. The molecule has 9 heteroatoms. The van der Waals surface area contributed by atoms with Gasteiger partial charge in [-0.25, -0.2) is 9.38 Å². The highest BCUT2D eigenvalue weighted by atomic mass is 19.3. The Morgan fingerprint density at radius 1 is 1.17 bits per heavy atom. The highest BCUT2D eigenvalue weighted by Crippen LogP contribution is 2.41. The van der Waals surface area contributed by atoms with Crippen molar-refractivity contribution >= 4 is 17.6 Å². The SMILES string of the molecule is NC1=NC2(CCCCC2)N(c2cccc(OC(F)F)c2F)C(N)=N1. The van der Waals surface area contributed by atoms with E-state index in [2.05, 4.69) is 14.7 Å². The van der Waals surface area contributed by atoms with E-state index in [1.54, 1.807) is 0 Å². The summed E-state index contributed by atoms with van der Waals surface area (Å²) < 4.78 is 43.9. The van der Waals surface area contributed by atoms with E-state index in [-0.39, 0.29) is 17.6 Å². The number of benzene rings is 1. The average Bonchev–Trinajstić information content (AvgIpc) is 2.50. The number of alkyl halides is 2. The molecule has 0 saturated heterocycles. The van der Waals surface area contributed by atoms with Crippen LogP contribution >= 0.6 is 0 Å². The molecule has 1 aliphatic carbocycles. The van der Waals surface area contributed by atoms with Gasteiger partial charge in [0.1, 0.15) is 5.66 Å². The first-order valence-electron chi connectivity index (χ1n) is 7.66. The van der Waals surface area contributed by atoms with Gasteiger partial charge in [0, 0.05) is 0 Å². The smallest absolute Gasteiger partial charge is 0.387 e. The monoisotopic (exact) mass is 341 g/mol. The highest BCUT2D eigenvalue weighted by Gasteiger charge is 2.43. The van der Waals surface area contributed by atoms with Crippen LogP contribution in [0.5, 0.6) is 5.75 Å². The Labute approximate surface area is 137 Å². The Bertz CT molecular complexity index is 686. The molecule has 1 aliphatic heterocycles. The molecule has 24 heavy (non-hydrogen) atoms. The summed E-state index contributed by atoms with van der Waals surface area (Å²) in [6.45, 7) is -3.13. The van der Waals surface area contributed by atoms with Gasteiger partial charge >= 0.3 is 6.61 Å². The summed E-state index contributed by atoms with van der Waals surface area (Å²) in [5.74, 6) is -1.47. The molecule has 0 unspecified atom stereocenters. The van der Waals surface area contributed by atoms with E-state index in [1.165, 1.54) is 17.0 Å². The van der Waals surface area contributed by atoms with Crippen molar-refractivity contribution < 1.29 is 17.9 Å². The predicted molar refractivity (Wildman–Crippen MR) is 84.6 cm³/mol. The van der Waals surface area contributed by atoms with Crippen LogP contribution in [0.25, 0.3) is 0 Å². The van der Waals surface area contributed by atoms with Crippen molar-refractivity contribution in [3.05, 3.63) is 24.0 Å². The lowest BCUT2D eigenvalue weighted by Gasteiger charge is -2.45. The number of nitrogens with zero attached hydrogens (tertiary/aromatic N) is 3. The molecule has 0 atom stereocenters. The Morgan fingerprint density at radius 3 is 2.54 bits per heavy atom. The molecule has 0 radical (unpaired) electrons. The number of hydrogen-bond donors (Lipinski definition) is 2. The maximum atomic E-state index is 14.7. The average molecular weight is 341 g/mol. The van der Waals surface area contributed by atoms with Crippen LogP contribution in [0.4, 0.5) is 18.9 Å². The zero-order valence-electron chi connectivity index (χ0n) is 12.9. The van der Waals surface area contributed by atoms with Gasteiger partial charge in [-0.2, -0.15) is 13.8 Å². The second-order valence-electron chi connectivity index (χ2n) is 5.79. The van der Waals surface area contributed by atoms with E-state index in [0.29, 0.717) is 12.8 Å². The molecular formula is C15H18F3N5O.